The predicted octanol–water partition coefficient (Wildman–Crippen LogP) is 5.59. The molecule has 1 aromatic heterocycles. The van der Waals surface area contributed by atoms with Gasteiger partial charge in [-0.05, 0) is 62.5 Å². The zero-order valence-electron chi connectivity index (χ0n) is 15.0. The van der Waals surface area contributed by atoms with Crippen molar-refractivity contribution < 1.29 is 14.4 Å². The average Bonchev–Trinajstić information content (AvgIpc) is 3.38. The third kappa shape index (κ3) is 3.31. The monoisotopic (exact) mass is 407 g/mol. The Bertz CT molecular complexity index is 814. The summed E-state index contributed by atoms with van der Waals surface area (Å²) in [5.41, 5.74) is 2.39. The normalized spacial score (nSPS) is 30.0. The summed E-state index contributed by atoms with van der Waals surface area (Å²) in [5.74, 6) is 2.11. The Morgan fingerprint density at radius 3 is 2.37 bits per heavy atom. The van der Waals surface area contributed by atoms with E-state index in [-0.39, 0.29) is 12.2 Å². The van der Waals surface area contributed by atoms with Crippen molar-refractivity contribution in [2.75, 3.05) is 0 Å². The standard InChI is InChI=1S/C21H23Cl2NO3/c22-16-2-1-3-17(23)18(16)19-15(21(27-24-19)11-4-5-11)10-26-14-8-12-6-7-13(9-14)20(12)25/h1-3,11-14,20,25H,4-10H2. The SMILES string of the molecule is OC1C2CCC1CC(OCc1c(-c3c(Cl)cccc3Cl)noc1C1CC1)C2. The zero-order valence-corrected chi connectivity index (χ0v) is 16.5. The van der Waals surface area contributed by atoms with E-state index in [4.69, 9.17) is 32.5 Å². The number of halogens is 2. The lowest BCUT2D eigenvalue weighted by Gasteiger charge is -2.32. The Hall–Kier alpha value is -1.07. The summed E-state index contributed by atoms with van der Waals surface area (Å²) in [4.78, 5) is 0. The average molecular weight is 408 g/mol. The van der Waals surface area contributed by atoms with E-state index in [0.717, 1.165) is 49.8 Å². The molecule has 5 rings (SSSR count). The second-order valence-electron chi connectivity index (χ2n) is 8.24. The molecule has 3 aliphatic rings. The van der Waals surface area contributed by atoms with Crippen molar-refractivity contribution in [1.29, 1.82) is 0 Å². The quantitative estimate of drug-likeness (QED) is 0.701. The Balaban J connectivity index is 1.41. The molecule has 1 N–H and O–H groups in total. The van der Waals surface area contributed by atoms with Crippen LogP contribution in [0.4, 0.5) is 0 Å². The summed E-state index contributed by atoms with van der Waals surface area (Å²) in [6.45, 7) is 0.451. The van der Waals surface area contributed by atoms with E-state index < -0.39 is 0 Å². The Labute approximate surface area is 168 Å². The fraction of sp³-hybridized carbons (Fsp3) is 0.571. The van der Waals surface area contributed by atoms with Crippen LogP contribution in [0.1, 0.15) is 55.8 Å². The minimum Gasteiger partial charge on any atom is -0.393 e. The van der Waals surface area contributed by atoms with Crippen LogP contribution in [-0.4, -0.2) is 22.5 Å². The Morgan fingerprint density at radius 1 is 1.07 bits per heavy atom. The smallest absolute Gasteiger partial charge is 0.145 e. The molecular weight excluding hydrogens is 385 g/mol. The van der Waals surface area contributed by atoms with Crippen LogP contribution >= 0.6 is 23.2 Å². The summed E-state index contributed by atoms with van der Waals surface area (Å²) in [6, 6.07) is 5.47. The van der Waals surface area contributed by atoms with Gasteiger partial charge in [-0.3, -0.25) is 0 Å². The van der Waals surface area contributed by atoms with E-state index in [0.29, 0.717) is 45.7 Å². The summed E-state index contributed by atoms with van der Waals surface area (Å²) in [7, 11) is 0. The highest BCUT2D eigenvalue weighted by atomic mass is 35.5. The fourth-order valence-electron chi connectivity index (χ4n) is 4.83. The third-order valence-corrected chi connectivity index (χ3v) is 7.07. The van der Waals surface area contributed by atoms with Gasteiger partial charge < -0.3 is 14.4 Å². The molecule has 0 saturated heterocycles. The van der Waals surface area contributed by atoms with Gasteiger partial charge in [0.05, 0.1) is 28.9 Å². The number of hydrogen-bond acceptors (Lipinski definition) is 4. The first-order chi connectivity index (χ1) is 13.1. The number of benzene rings is 1. The molecule has 4 nitrogen and oxygen atoms in total. The predicted molar refractivity (Wildman–Crippen MR) is 104 cm³/mol. The third-order valence-electron chi connectivity index (χ3n) is 6.44. The largest absolute Gasteiger partial charge is 0.393 e. The van der Waals surface area contributed by atoms with Gasteiger partial charge in [0.2, 0.25) is 0 Å². The van der Waals surface area contributed by atoms with Crippen molar-refractivity contribution in [2.45, 2.75) is 63.3 Å². The molecule has 2 aromatic rings. The molecule has 144 valence electrons. The maximum atomic E-state index is 10.2. The molecule has 3 saturated carbocycles. The second kappa shape index (κ2) is 7.07. The topological polar surface area (TPSA) is 55.5 Å². The van der Waals surface area contributed by atoms with Gasteiger partial charge in [0, 0.05) is 17.0 Å². The van der Waals surface area contributed by atoms with Crippen molar-refractivity contribution >= 4 is 23.2 Å². The molecule has 6 heteroatoms. The van der Waals surface area contributed by atoms with Crippen molar-refractivity contribution in [3.63, 3.8) is 0 Å². The molecule has 3 fully saturated rings. The van der Waals surface area contributed by atoms with Crippen LogP contribution in [-0.2, 0) is 11.3 Å². The summed E-state index contributed by atoms with van der Waals surface area (Å²) >= 11 is 12.8. The Kier molecular flexibility index (Phi) is 4.71. The highest BCUT2D eigenvalue weighted by Crippen LogP contribution is 2.47. The van der Waals surface area contributed by atoms with Gasteiger partial charge in [-0.1, -0.05) is 34.4 Å². The van der Waals surface area contributed by atoms with Crippen LogP contribution in [0.5, 0.6) is 0 Å². The van der Waals surface area contributed by atoms with Gasteiger partial charge in [-0.2, -0.15) is 0 Å². The van der Waals surface area contributed by atoms with Crippen LogP contribution in [0.3, 0.4) is 0 Å². The molecule has 27 heavy (non-hydrogen) atoms. The number of ether oxygens (including phenoxy) is 1. The lowest BCUT2D eigenvalue weighted by atomic mass is 9.84. The molecule has 0 radical (unpaired) electrons. The minimum atomic E-state index is -0.139. The molecule has 0 amide bonds. The van der Waals surface area contributed by atoms with Gasteiger partial charge in [-0.15, -0.1) is 0 Å². The number of fused-ring (bicyclic) bond motifs is 2. The van der Waals surface area contributed by atoms with Crippen molar-refractivity contribution in [1.82, 2.24) is 5.16 Å². The Morgan fingerprint density at radius 2 is 1.74 bits per heavy atom. The van der Waals surface area contributed by atoms with Gasteiger partial charge in [0.15, 0.2) is 0 Å². The van der Waals surface area contributed by atoms with Gasteiger partial charge >= 0.3 is 0 Å². The van der Waals surface area contributed by atoms with Crippen LogP contribution in [0.25, 0.3) is 11.3 Å². The maximum absolute atomic E-state index is 10.2. The number of rotatable bonds is 5. The first-order valence-electron chi connectivity index (χ1n) is 9.84. The van der Waals surface area contributed by atoms with Gasteiger partial charge in [-0.25, -0.2) is 0 Å². The molecule has 1 heterocycles. The van der Waals surface area contributed by atoms with E-state index in [1.54, 1.807) is 0 Å². The summed E-state index contributed by atoms with van der Waals surface area (Å²) in [6.07, 6.45) is 6.39. The van der Waals surface area contributed by atoms with E-state index in [9.17, 15) is 5.11 Å². The summed E-state index contributed by atoms with van der Waals surface area (Å²) in [5, 5.41) is 15.7. The molecular formula is C21H23Cl2NO3. The van der Waals surface area contributed by atoms with Gasteiger partial charge in [0.25, 0.3) is 0 Å². The lowest BCUT2D eigenvalue weighted by molar-refractivity contribution is -0.0472. The van der Waals surface area contributed by atoms with Gasteiger partial charge in [0.1, 0.15) is 11.5 Å². The fourth-order valence-corrected chi connectivity index (χ4v) is 5.40. The number of hydrogen-bond donors (Lipinski definition) is 1. The van der Waals surface area contributed by atoms with Crippen molar-refractivity contribution in [2.24, 2.45) is 11.8 Å². The minimum absolute atomic E-state index is 0.139. The first-order valence-corrected chi connectivity index (χ1v) is 10.6. The maximum Gasteiger partial charge on any atom is 0.145 e. The number of aliphatic hydroxyl groups is 1. The highest BCUT2D eigenvalue weighted by molar-refractivity contribution is 6.39. The summed E-state index contributed by atoms with van der Waals surface area (Å²) < 4.78 is 12.0. The van der Waals surface area contributed by atoms with E-state index in [1.807, 2.05) is 18.2 Å². The molecule has 2 bridgehead atoms. The van der Waals surface area contributed by atoms with E-state index in [2.05, 4.69) is 5.16 Å². The highest BCUT2D eigenvalue weighted by Gasteiger charge is 2.42. The molecule has 2 unspecified atom stereocenters. The van der Waals surface area contributed by atoms with Crippen molar-refractivity contribution in [3.05, 3.63) is 39.6 Å². The second-order valence-corrected chi connectivity index (χ2v) is 9.05. The lowest BCUT2D eigenvalue weighted by Crippen LogP contribution is -2.34. The van der Waals surface area contributed by atoms with Crippen LogP contribution in [0.15, 0.2) is 22.7 Å². The number of aromatic nitrogens is 1. The molecule has 1 aromatic carbocycles. The molecule has 3 aliphatic carbocycles. The molecule has 2 atom stereocenters. The van der Waals surface area contributed by atoms with Crippen LogP contribution < -0.4 is 0 Å². The van der Waals surface area contributed by atoms with E-state index >= 15 is 0 Å². The van der Waals surface area contributed by atoms with E-state index in [1.165, 1.54) is 0 Å². The molecule has 0 spiro atoms. The number of aliphatic hydroxyl groups excluding tert-OH is 1. The number of nitrogens with zero attached hydrogens (tertiary/aromatic N) is 1. The van der Waals surface area contributed by atoms with Crippen LogP contribution in [0, 0.1) is 11.8 Å². The van der Waals surface area contributed by atoms with Crippen LogP contribution in [0.2, 0.25) is 10.0 Å². The zero-order chi connectivity index (χ0) is 18.5. The first kappa shape index (κ1) is 18.0. The van der Waals surface area contributed by atoms with Crippen molar-refractivity contribution in [3.8, 4) is 11.3 Å². The molecule has 0 aliphatic heterocycles.